The van der Waals surface area contributed by atoms with E-state index in [1.807, 2.05) is 19.1 Å². The summed E-state index contributed by atoms with van der Waals surface area (Å²) < 4.78 is 1.09. The summed E-state index contributed by atoms with van der Waals surface area (Å²) in [7, 11) is 0. The van der Waals surface area contributed by atoms with Crippen LogP contribution in [-0.4, -0.2) is 17.3 Å². The van der Waals surface area contributed by atoms with Gasteiger partial charge in [0.15, 0.2) is 0 Å². The normalized spacial score (nSPS) is 14.7. The third kappa shape index (κ3) is 3.50. The van der Waals surface area contributed by atoms with Crippen molar-refractivity contribution in [3.8, 4) is 0 Å². The first-order chi connectivity index (χ1) is 7.04. The topological polar surface area (TPSA) is 32.3 Å². The lowest BCUT2D eigenvalue weighted by atomic mass is 10.1. The van der Waals surface area contributed by atoms with Crippen molar-refractivity contribution in [1.82, 2.24) is 0 Å². The van der Waals surface area contributed by atoms with E-state index in [9.17, 15) is 5.11 Å². The van der Waals surface area contributed by atoms with E-state index in [-0.39, 0.29) is 12.1 Å². The van der Waals surface area contributed by atoms with E-state index < -0.39 is 0 Å². The Bertz CT molecular complexity index is 325. The van der Waals surface area contributed by atoms with Gasteiger partial charge < -0.3 is 10.4 Å². The van der Waals surface area contributed by atoms with Crippen molar-refractivity contribution in [2.75, 3.05) is 5.32 Å². The number of hydrogen-bond donors (Lipinski definition) is 2. The monoisotopic (exact) mass is 271 g/mol. The van der Waals surface area contributed by atoms with Crippen LogP contribution in [0.15, 0.2) is 22.7 Å². The lowest BCUT2D eigenvalue weighted by Gasteiger charge is -2.20. The largest absolute Gasteiger partial charge is 0.391 e. The van der Waals surface area contributed by atoms with Gasteiger partial charge in [0.1, 0.15) is 0 Å². The molecular formula is C12H18BrNO. The molecule has 1 aromatic rings. The quantitative estimate of drug-likeness (QED) is 0.882. The molecule has 2 atom stereocenters. The maximum atomic E-state index is 9.43. The molecule has 84 valence electrons. The third-order valence-corrected chi connectivity index (χ3v) is 3.05. The molecule has 0 saturated heterocycles. The smallest absolute Gasteiger partial charge is 0.0710 e. The van der Waals surface area contributed by atoms with Gasteiger partial charge in [-0.3, -0.25) is 0 Å². The molecule has 0 heterocycles. The average Bonchev–Trinajstić information content (AvgIpc) is 2.20. The van der Waals surface area contributed by atoms with Crippen molar-refractivity contribution in [2.24, 2.45) is 0 Å². The Kier molecular flexibility index (Phi) is 4.61. The van der Waals surface area contributed by atoms with E-state index >= 15 is 0 Å². The second-order valence-corrected chi connectivity index (χ2v) is 4.74. The van der Waals surface area contributed by atoms with E-state index in [4.69, 9.17) is 0 Å². The Labute approximate surface area is 99.8 Å². The first kappa shape index (κ1) is 12.5. The van der Waals surface area contributed by atoms with Gasteiger partial charge in [-0.2, -0.15) is 0 Å². The van der Waals surface area contributed by atoms with Crippen LogP contribution in [0.3, 0.4) is 0 Å². The molecule has 0 aliphatic heterocycles. The first-order valence-corrected chi connectivity index (χ1v) is 6.07. The number of halogens is 1. The third-order valence-electron chi connectivity index (χ3n) is 2.55. The number of aliphatic hydroxyl groups excluding tert-OH is 1. The maximum Gasteiger partial charge on any atom is 0.0710 e. The predicted molar refractivity (Wildman–Crippen MR) is 68.3 cm³/mol. The zero-order chi connectivity index (χ0) is 11.4. The van der Waals surface area contributed by atoms with E-state index in [1.54, 1.807) is 6.92 Å². The van der Waals surface area contributed by atoms with Crippen LogP contribution in [0, 0.1) is 0 Å². The van der Waals surface area contributed by atoms with Crippen molar-refractivity contribution in [2.45, 2.75) is 39.3 Å². The van der Waals surface area contributed by atoms with Crippen molar-refractivity contribution >= 4 is 21.6 Å². The van der Waals surface area contributed by atoms with Crippen LogP contribution in [0.4, 0.5) is 5.69 Å². The summed E-state index contributed by atoms with van der Waals surface area (Å²) in [4.78, 5) is 0. The molecule has 2 N–H and O–H groups in total. The molecule has 0 saturated carbocycles. The molecule has 1 aromatic carbocycles. The van der Waals surface area contributed by atoms with Crippen LogP contribution in [0.25, 0.3) is 0 Å². The average molecular weight is 272 g/mol. The lowest BCUT2D eigenvalue weighted by molar-refractivity contribution is 0.178. The van der Waals surface area contributed by atoms with Gasteiger partial charge in [-0.15, -0.1) is 0 Å². The van der Waals surface area contributed by atoms with Gasteiger partial charge in [0.2, 0.25) is 0 Å². The van der Waals surface area contributed by atoms with Crippen LogP contribution >= 0.6 is 15.9 Å². The van der Waals surface area contributed by atoms with Crippen molar-refractivity contribution in [3.05, 3.63) is 28.2 Å². The standard InChI is InChI=1S/C12H18BrNO/c1-4-10-7-11(13)5-6-12(10)14-8(2)9(3)15/h5-9,14-15H,4H2,1-3H3. The molecule has 3 heteroatoms. The SMILES string of the molecule is CCc1cc(Br)ccc1NC(C)C(C)O. The van der Waals surface area contributed by atoms with Gasteiger partial charge in [-0.25, -0.2) is 0 Å². The Morgan fingerprint density at radius 1 is 1.40 bits per heavy atom. The molecule has 1 rings (SSSR count). The zero-order valence-corrected chi connectivity index (χ0v) is 11.0. The van der Waals surface area contributed by atoms with Crippen LogP contribution in [0.1, 0.15) is 26.3 Å². The highest BCUT2D eigenvalue weighted by Crippen LogP contribution is 2.22. The number of nitrogens with one attached hydrogen (secondary N) is 1. The molecule has 0 spiro atoms. The number of benzene rings is 1. The molecule has 0 aliphatic carbocycles. The fraction of sp³-hybridized carbons (Fsp3) is 0.500. The summed E-state index contributed by atoms with van der Waals surface area (Å²) in [6.45, 7) is 5.90. The highest BCUT2D eigenvalue weighted by Gasteiger charge is 2.10. The number of rotatable bonds is 4. The summed E-state index contributed by atoms with van der Waals surface area (Å²) in [6, 6.07) is 6.23. The highest BCUT2D eigenvalue weighted by atomic mass is 79.9. The molecule has 2 nitrogen and oxygen atoms in total. The molecule has 0 amide bonds. The summed E-state index contributed by atoms with van der Waals surface area (Å²) in [5.74, 6) is 0. The Morgan fingerprint density at radius 3 is 2.60 bits per heavy atom. The summed E-state index contributed by atoms with van der Waals surface area (Å²) >= 11 is 3.46. The Morgan fingerprint density at radius 2 is 2.07 bits per heavy atom. The van der Waals surface area contributed by atoms with Crippen LogP contribution in [-0.2, 0) is 6.42 Å². The van der Waals surface area contributed by atoms with Crippen LogP contribution in [0.5, 0.6) is 0 Å². The van der Waals surface area contributed by atoms with Crippen molar-refractivity contribution in [1.29, 1.82) is 0 Å². The van der Waals surface area contributed by atoms with Crippen LogP contribution < -0.4 is 5.32 Å². The molecule has 0 aromatic heterocycles. The number of anilines is 1. The first-order valence-electron chi connectivity index (χ1n) is 5.27. The van der Waals surface area contributed by atoms with Gasteiger partial charge in [0.05, 0.1) is 6.10 Å². The van der Waals surface area contributed by atoms with Gasteiger partial charge in [0, 0.05) is 16.2 Å². The summed E-state index contributed by atoms with van der Waals surface area (Å²) in [5.41, 5.74) is 2.37. The Balaban J connectivity index is 2.84. The van der Waals surface area contributed by atoms with Crippen LogP contribution in [0.2, 0.25) is 0 Å². The summed E-state index contributed by atoms with van der Waals surface area (Å²) in [6.07, 6.45) is 0.632. The maximum absolute atomic E-state index is 9.43. The van der Waals surface area contributed by atoms with Gasteiger partial charge in [0.25, 0.3) is 0 Å². The van der Waals surface area contributed by atoms with Gasteiger partial charge >= 0.3 is 0 Å². The minimum Gasteiger partial charge on any atom is -0.391 e. The number of aliphatic hydroxyl groups is 1. The number of hydrogen-bond acceptors (Lipinski definition) is 2. The second kappa shape index (κ2) is 5.52. The minimum absolute atomic E-state index is 0.0662. The number of aryl methyl sites for hydroxylation is 1. The van der Waals surface area contributed by atoms with E-state index in [2.05, 4.69) is 34.2 Å². The minimum atomic E-state index is -0.349. The fourth-order valence-corrected chi connectivity index (χ4v) is 1.77. The zero-order valence-electron chi connectivity index (χ0n) is 9.42. The van der Waals surface area contributed by atoms with E-state index in [0.29, 0.717) is 0 Å². The summed E-state index contributed by atoms with van der Waals surface area (Å²) in [5, 5.41) is 12.7. The molecule has 0 bridgehead atoms. The predicted octanol–water partition coefficient (Wildman–Crippen LogP) is 3.19. The highest BCUT2D eigenvalue weighted by molar-refractivity contribution is 9.10. The van der Waals surface area contributed by atoms with Gasteiger partial charge in [-0.1, -0.05) is 22.9 Å². The molecule has 0 fully saturated rings. The molecule has 0 radical (unpaired) electrons. The molecular weight excluding hydrogens is 254 g/mol. The second-order valence-electron chi connectivity index (χ2n) is 3.83. The fourth-order valence-electron chi connectivity index (χ4n) is 1.36. The molecule has 0 aliphatic rings. The van der Waals surface area contributed by atoms with Gasteiger partial charge in [-0.05, 0) is 44.0 Å². The molecule has 2 unspecified atom stereocenters. The van der Waals surface area contributed by atoms with Crippen molar-refractivity contribution < 1.29 is 5.11 Å². The molecule has 15 heavy (non-hydrogen) atoms. The van der Waals surface area contributed by atoms with E-state index in [1.165, 1.54) is 5.56 Å². The lowest BCUT2D eigenvalue weighted by Crippen LogP contribution is -2.28. The van der Waals surface area contributed by atoms with Crippen molar-refractivity contribution in [3.63, 3.8) is 0 Å². The Hall–Kier alpha value is -0.540. The van der Waals surface area contributed by atoms with E-state index in [0.717, 1.165) is 16.6 Å².